The average molecular weight is 426 g/mol. The Balaban J connectivity index is 1.64. The summed E-state index contributed by atoms with van der Waals surface area (Å²) in [5.74, 6) is -1.44. The van der Waals surface area contributed by atoms with Crippen LogP contribution < -0.4 is 10.2 Å². The molecular formula is C24H28FN3O3. The molecular weight excluding hydrogens is 397 g/mol. The van der Waals surface area contributed by atoms with Gasteiger partial charge >= 0.3 is 0 Å². The summed E-state index contributed by atoms with van der Waals surface area (Å²) in [6, 6.07) is 13.4. The molecule has 6 nitrogen and oxygen atoms in total. The Labute approximate surface area is 182 Å². The summed E-state index contributed by atoms with van der Waals surface area (Å²) in [4.78, 5) is 40.9. The normalized spacial score (nSPS) is 16.8. The largest absolute Gasteiger partial charge is 0.336 e. The van der Waals surface area contributed by atoms with E-state index in [0.717, 1.165) is 17.7 Å². The first-order valence-electron chi connectivity index (χ1n) is 10.5. The molecule has 0 aliphatic carbocycles. The monoisotopic (exact) mass is 425 g/mol. The molecule has 1 saturated heterocycles. The van der Waals surface area contributed by atoms with Crippen LogP contribution in [0.4, 0.5) is 15.8 Å². The predicted molar refractivity (Wildman–Crippen MR) is 118 cm³/mol. The summed E-state index contributed by atoms with van der Waals surface area (Å²) >= 11 is 0. The molecule has 0 unspecified atom stereocenters. The summed E-state index contributed by atoms with van der Waals surface area (Å²) in [6.45, 7) is 4.33. The number of likely N-dealkylation sites (N-methyl/N-ethyl adjacent to an activating group) is 1. The Morgan fingerprint density at radius 2 is 1.97 bits per heavy atom. The number of para-hydroxylation sites is 1. The number of anilines is 2. The van der Waals surface area contributed by atoms with Gasteiger partial charge in [-0.3, -0.25) is 14.4 Å². The molecule has 3 rings (SSSR count). The van der Waals surface area contributed by atoms with E-state index in [2.05, 4.69) is 19.2 Å². The van der Waals surface area contributed by atoms with Gasteiger partial charge in [0.1, 0.15) is 5.82 Å². The minimum atomic E-state index is -0.510. The second-order valence-corrected chi connectivity index (χ2v) is 8.03. The van der Waals surface area contributed by atoms with E-state index in [-0.39, 0.29) is 24.8 Å². The number of hydrogen-bond acceptors (Lipinski definition) is 3. The molecule has 0 saturated carbocycles. The third-order valence-corrected chi connectivity index (χ3v) is 5.71. The molecule has 2 aromatic rings. The molecule has 164 valence electrons. The number of amides is 3. The second-order valence-electron chi connectivity index (χ2n) is 8.03. The van der Waals surface area contributed by atoms with E-state index >= 15 is 0 Å². The highest BCUT2D eigenvalue weighted by Gasteiger charge is 2.37. The van der Waals surface area contributed by atoms with Gasteiger partial charge in [0.2, 0.25) is 17.7 Å². The highest BCUT2D eigenvalue weighted by Crippen LogP contribution is 2.33. The van der Waals surface area contributed by atoms with Crippen LogP contribution in [0.1, 0.15) is 38.2 Å². The van der Waals surface area contributed by atoms with E-state index in [0.29, 0.717) is 18.2 Å². The molecule has 1 aliphatic rings. The number of benzene rings is 2. The van der Waals surface area contributed by atoms with E-state index in [4.69, 9.17) is 0 Å². The Hall–Kier alpha value is -3.22. The standard InChI is InChI=1S/C24H28FN3O3/c1-4-16(2)20-10-5-6-11-21(20)28-14-17(12-23(28)30)24(31)27(3)15-22(29)26-19-9-7-8-18(25)13-19/h5-11,13,16-17H,4,12,14-15H2,1-3H3,(H,26,29)/t16-,17+/m1/s1. The molecule has 0 bridgehead atoms. The van der Waals surface area contributed by atoms with Crippen molar-refractivity contribution in [2.75, 3.05) is 30.4 Å². The van der Waals surface area contributed by atoms with Crippen molar-refractivity contribution in [3.8, 4) is 0 Å². The van der Waals surface area contributed by atoms with Gasteiger partial charge in [-0.25, -0.2) is 4.39 Å². The number of nitrogens with one attached hydrogen (secondary N) is 1. The summed E-state index contributed by atoms with van der Waals surface area (Å²) in [5.41, 5.74) is 2.27. The van der Waals surface area contributed by atoms with E-state index in [1.165, 1.54) is 30.1 Å². The number of carbonyl (C=O) groups is 3. The summed E-state index contributed by atoms with van der Waals surface area (Å²) in [7, 11) is 1.54. The predicted octanol–water partition coefficient (Wildman–Crippen LogP) is 3.79. The second kappa shape index (κ2) is 9.73. The lowest BCUT2D eigenvalue weighted by molar-refractivity contribution is -0.137. The zero-order chi connectivity index (χ0) is 22.5. The maximum absolute atomic E-state index is 13.3. The lowest BCUT2D eigenvalue weighted by atomic mass is 9.96. The van der Waals surface area contributed by atoms with Crippen molar-refractivity contribution in [2.24, 2.45) is 5.92 Å². The lowest BCUT2D eigenvalue weighted by Gasteiger charge is -2.24. The Kier molecular flexibility index (Phi) is 7.05. The molecule has 3 amide bonds. The minimum absolute atomic E-state index is 0.0910. The number of hydrogen-bond donors (Lipinski definition) is 1. The molecule has 1 heterocycles. The van der Waals surface area contributed by atoms with Crippen LogP contribution in [0.3, 0.4) is 0 Å². The van der Waals surface area contributed by atoms with Crippen LogP contribution in [0.25, 0.3) is 0 Å². The zero-order valence-corrected chi connectivity index (χ0v) is 18.1. The van der Waals surface area contributed by atoms with Crippen molar-refractivity contribution in [2.45, 2.75) is 32.6 Å². The van der Waals surface area contributed by atoms with Crippen LogP contribution in [0.15, 0.2) is 48.5 Å². The maximum Gasteiger partial charge on any atom is 0.243 e. The van der Waals surface area contributed by atoms with Crippen LogP contribution in [0, 0.1) is 11.7 Å². The van der Waals surface area contributed by atoms with E-state index in [1.807, 2.05) is 24.3 Å². The van der Waals surface area contributed by atoms with Gasteiger partial charge in [0.25, 0.3) is 0 Å². The van der Waals surface area contributed by atoms with Gasteiger partial charge in [-0.2, -0.15) is 0 Å². The van der Waals surface area contributed by atoms with Crippen LogP contribution >= 0.6 is 0 Å². The molecule has 2 aromatic carbocycles. The van der Waals surface area contributed by atoms with Crippen molar-refractivity contribution in [3.05, 3.63) is 59.9 Å². The number of halogens is 1. The number of nitrogens with zero attached hydrogens (tertiary/aromatic N) is 2. The smallest absolute Gasteiger partial charge is 0.243 e. The summed E-state index contributed by atoms with van der Waals surface area (Å²) < 4.78 is 13.3. The molecule has 0 spiro atoms. The highest BCUT2D eigenvalue weighted by molar-refractivity contribution is 6.02. The quantitative estimate of drug-likeness (QED) is 0.734. The first-order chi connectivity index (χ1) is 14.8. The summed E-state index contributed by atoms with van der Waals surface area (Å²) in [6.07, 6.45) is 1.06. The van der Waals surface area contributed by atoms with Gasteiger partial charge in [-0.05, 0) is 42.2 Å². The van der Waals surface area contributed by atoms with Gasteiger partial charge in [0.05, 0.1) is 12.5 Å². The van der Waals surface area contributed by atoms with Crippen molar-refractivity contribution in [1.82, 2.24) is 4.90 Å². The highest BCUT2D eigenvalue weighted by atomic mass is 19.1. The van der Waals surface area contributed by atoms with E-state index in [9.17, 15) is 18.8 Å². The fourth-order valence-corrected chi connectivity index (χ4v) is 3.85. The lowest BCUT2D eigenvalue weighted by Crippen LogP contribution is -2.39. The topological polar surface area (TPSA) is 69.7 Å². The first-order valence-corrected chi connectivity index (χ1v) is 10.5. The third kappa shape index (κ3) is 5.29. The fraction of sp³-hybridized carbons (Fsp3) is 0.375. The first kappa shape index (κ1) is 22.5. The van der Waals surface area contributed by atoms with Crippen LogP contribution in [0.2, 0.25) is 0 Å². The average Bonchev–Trinajstić information content (AvgIpc) is 3.13. The van der Waals surface area contributed by atoms with Crippen LogP contribution in [0.5, 0.6) is 0 Å². The molecule has 1 fully saturated rings. The molecule has 1 N–H and O–H groups in total. The molecule has 0 aromatic heterocycles. The molecule has 31 heavy (non-hydrogen) atoms. The Bertz CT molecular complexity index is 978. The number of rotatable bonds is 7. The zero-order valence-electron chi connectivity index (χ0n) is 18.1. The molecule has 7 heteroatoms. The van der Waals surface area contributed by atoms with Crippen molar-refractivity contribution < 1.29 is 18.8 Å². The maximum atomic E-state index is 13.3. The van der Waals surface area contributed by atoms with Crippen LogP contribution in [-0.4, -0.2) is 42.8 Å². The molecule has 1 aliphatic heterocycles. The summed E-state index contributed by atoms with van der Waals surface area (Å²) in [5, 5.41) is 2.58. The van der Waals surface area contributed by atoms with Gasteiger partial charge in [-0.15, -0.1) is 0 Å². The van der Waals surface area contributed by atoms with Gasteiger partial charge in [-0.1, -0.05) is 38.1 Å². The van der Waals surface area contributed by atoms with Gasteiger partial charge < -0.3 is 15.1 Å². The Morgan fingerprint density at radius 3 is 2.68 bits per heavy atom. The minimum Gasteiger partial charge on any atom is -0.336 e. The third-order valence-electron chi connectivity index (χ3n) is 5.71. The van der Waals surface area contributed by atoms with Gasteiger partial charge in [0, 0.05) is 31.4 Å². The van der Waals surface area contributed by atoms with Crippen LogP contribution in [-0.2, 0) is 14.4 Å². The fourth-order valence-electron chi connectivity index (χ4n) is 3.85. The SMILES string of the molecule is CC[C@@H](C)c1ccccc1N1C[C@@H](C(=O)N(C)CC(=O)Nc2cccc(F)c2)CC1=O. The van der Waals surface area contributed by atoms with Crippen molar-refractivity contribution in [3.63, 3.8) is 0 Å². The number of carbonyl (C=O) groups excluding carboxylic acids is 3. The molecule has 2 atom stereocenters. The van der Waals surface area contributed by atoms with E-state index < -0.39 is 17.6 Å². The van der Waals surface area contributed by atoms with E-state index in [1.54, 1.807) is 11.0 Å². The van der Waals surface area contributed by atoms with Gasteiger partial charge in [0.15, 0.2) is 0 Å². The molecule has 0 radical (unpaired) electrons. The Morgan fingerprint density at radius 1 is 1.23 bits per heavy atom. The van der Waals surface area contributed by atoms with Crippen molar-refractivity contribution >= 4 is 29.1 Å². The van der Waals surface area contributed by atoms with Crippen molar-refractivity contribution in [1.29, 1.82) is 0 Å².